The quantitative estimate of drug-likeness (QED) is 0.451. The van der Waals surface area contributed by atoms with Crippen LogP contribution in [-0.2, 0) is 0 Å². The van der Waals surface area contributed by atoms with E-state index in [1.807, 2.05) is 18.2 Å². The molecule has 2 aromatic heterocycles. The molecule has 136 valence electrons. The molecule has 0 radical (unpaired) electrons. The molecule has 4 rings (SSSR count). The van der Waals surface area contributed by atoms with Gasteiger partial charge >= 0.3 is 0 Å². The van der Waals surface area contributed by atoms with Gasteiger partial charge < -0.3 is 4.98 Å². The fraction of sp³-hybridized carbons (Fsp3) is 0.250. The molecule has 2 heterocycles. The second-order valence-corrected chi connectivity index (χ2v) is 7.64. The van der Waals surface area contributed by atoms with Crippen molar-refractivity contribution in [2.45, 2.75) is 39.5 Å². The molecule has 0 fully saturated rings. The standard InChI is InChI=1S/C24H25N3/c1-15(2)21-19(17-11-7-5-8-12-17)20-22(16(3)4)26-27-23(24(20)25-21)18-13-9-6-10-14-18/h5-16,25H,1-4H3. The molecule has 0 saturated carbocycles. The van der Waals surface area contributed by atoms with Gasteiger partial charge in [-0.25, -0.2) is 0 Å². The van der Waals surface area contributed by atoms with E-state index >= 15 is 0 Å². The van der Waals surface area contributed by atoms with Gasteiger partial charge in [0.2, 0.25) is 0 Å². The SMILES string of the molecule is CC(C)c1[nH]c2c(-c3ccccc3)nnc(C(C)C)c2c1-c1ccccc1. The Kier molecular flexibility index (Phi) is 4.53. The van der Waals surface area contributed by atoms with Crippen LogP contribution in [-0.4, -0.2) is 15.2 Å². The van der Waals surface area contributed by atoms with E-state index in [9.17, 15) is 0 Å². The van der Waals surface area contributed by atoms with Gasteiger partial charge in [0.1, 0.15) is 5.69 Å². The third-order valence-corrected chi connectivity index (χ3v) is 5.01. The number of hydrogen-bond donors (Lipinski definition) is 1. The van der Waals surface area contributed by atoms with Crippen molar-refractivity contribution in [2.75, 3.05) is 0 Å². The minimum absolute atomic E-state index is 0.295. The van der Waals surface area contributed by atoms with E-state index in [-0.39, 0.29) is 0 Å². The van der Waals surface area contributed by atoms with E-state index in [2.05, 4.69) is 85.3 Å². The van der Waals surface area contributed by atoms with Crippen molar-refractivity contribution < 1.29 is 0 Å². The molecule has 0 aliphatic heterocycles. The fourth-order valence-electron chi connectivity index (χ4n) is 3.70. The summed E-state index contributed by atoms with van der Waals surface area (Å²) in [5, 5.41) is 10.5. The first-order valence-electron chi connectivity index (χ1n) is 9.61. The maximum Gasteiger partial charge on any atom is 0.117 e. The Hall–Kier alpha value is -2.94. The number of nitrogens with one attached hydrogen (secondary N) is 1. The van der Waals surface area contributed by atoms with E-state index in [0.29, 0.717) is 11.8 Å². The highest BCUT2D eigenvalue weighted by Crippen LogP contribution is 2.41. The Morgan fingerprint density at radius 2 is 1.30 bits per heavy atom. The summed E-state index contributed by atoms with van der Waals surface area (Å²) in [5.74, 6) is 0.666. The highest BCUT2D eigenvalue weighted by atomic mass is 15.1. The van der Waals surface area contributed by atoms with Gasteiger partial charge in [0.25, 0.3) is 0 Å². The highest BCUT2D eigenvalue weighted by molar-refractivity contribution is 6.04. The van der Waals surface area contributed by atoms with Gasteiger partial charge in [0, 0.05) is 22.2 Å². The monoisotopic (exact) mass is 355 g/mol. The predicted molar refractivity (Wildman–Crippen MR) is 113 cm³/mol. The topological polar surface area (TPSA) is 41.6 Å². The molecule has 0 amide bonds. The summed E-state index contributed by atoms with van der Waals surface area (Å²) in [6.07, 6.45) is 0. The van der Waals surface area contributed by atoms with Gasteiger partial charge in [0.15, 0.2) is 0 Å². The van der Waals surface area contributed by atoms with E-state index in [4.69, 9.17) is 0 Å². The predicted octanol–water partition coefficient (Wildman–Crippen LogP) is 6.54. The smallest absolute Gasteiger partial charge is 0.117 e. The van der Waals surface area contributed by atoms with Gasteiger partial charge in [0.05, 0.1) is 11.2 Å². The molecular formula is C24H25N3. The molecule has 3 heteroatoms. The minimum atomic E-state index is 0.295. The van der Waals surface area contributed by atoms with Crippen molar-refractivity contribution in [1.82, 2.24) is 15.2 Å². The zero-order chi connectivity index (χ0) is 19.0. The number of benzene rings is 2. The van der Waals surface area contributed by atoms with Gasteiger partial charge in [-0.1, -0.05) is 88.4 Å². The Labute approximate surface area is 160 Å². The third kappa shape index (κ3) is 3.03. The molecule has 0 aliphatic carbocycles. The van der Waals surface area contributed by atoms with Crippen LogP contribution >= 0.6 is 0 Å². The van der Waals surface area contributed by atoms with Crippen LogP contribution in [0.1, 0.15) is 50.9 Å². The molecule has 27 heavy (non-hydrogen) atoms. The molecule has 1 N–H and O–H groups in total. The Balaban J connectivity index is 2.14. The van der Waals surface area contributed by atoms with Crippen LogP contribution in [0.15, 0.2) is 60.7 Å². The molecule has 4 aromatic rings. The number of rotatable bonds is 4. The van der Waals surface area contributed by atoms with E-state index in [1.165, 1.54) is 22.2 Å². The van der Waals surface area contributed by atoms with Gasteiger partial charge in [-0.05, 0) is 17.4 Å². The molecule has 0 bridgehead atoms. The molecule has 2 aromatic carbocycles. The summed E-state index contributed by atoms with van der Waals surface area (Å²) in [7, 11) is 0. The molecule has 0 saturated heterocycles. The minimum Gasteiger partial charge on any atom is -0.356 e. The third-order valence-electron chi connectivity index (χ3n) is 5.01. The van der Waals surface area contributed by atoms with Crippen LogP contribution in [0.25, 0.3) is 33.3 Å². The lowest BCUT2D eigenvalue weighted by molar-refractivity contribution is 0.801. The summed E-state index contributed by atoms with van der Waals surface area (Å²) < 4.78 is 0. The van der Waals surface area contributed by atoms with Crippen LogP contribution in [0, 0.1) is 0 Å². The van der Waals surface area contributed by atoms with Crippen LogP contribution in [0.2, 0.25) is 0 Å². The maximum atomic E-state index is 4.67. The largest absolute Gasteiger partial charge is 0.356 e. The fourth-order valence-corrected chi connectivity index (χ4v) is 3.70. The second-order valence-electron chi connectivity index (χ2n) is 7.64. The lowest BCUT2D eigenvalue weighted by Crippen LogP contribution is -1.99. The Bertz CT molecular complexity index is 1060. The highest BCUT2D eigenvalue weighted by Gasteiger charge is 2.23. The van der Waals surface area contributed by atoms with Crippen molar-refractivity contribution >= 4 is 10.9 Å². The molecule has 0 spiro atoms. The molecular weight excluding hydrogens is 330 g/mol. The van der Waals surface area contributed by atoms with Crippen molar-refractivity contribution in [1.29, 1.82) is 0 Å². The van der Waals surface area contributed by atoms with Gasteiger partial charge in [-0.2, -0.15) is 5.10 Å². The molecule has 0 unspecified atom stereocenters. The zero-order valence-corrected chi connectivity index (χ0v) is 16.3. The average Bonchev–Trinajstić information content (AvgIpc) is 3.09. The van der Waals surface area contributed by atoms with Gasteiger partial charge in [-0.15, -0.1) is 5.10 Å². The summed E-state index contributed by atoms with van der Waals surface area (Å²) >= 11 is 0. The summed E-state index contributed by atoms with van der Waals surface area (Å²) in [6, 6.07) is 20.9. The Morgan fingerprint density at radius 1 is 0.704 bits per heavy atom. The first-order chi connectivity index (χ1) is 13.1. The van der Waals surface area contributed by atoms with Crippen molar-refractivity contribution in [3.63, 3.8) is 0 Å². The van der Waals surface area contributed by atoms with E-state index < -0.39 is 0 Å². The van der Waals surface area contributed by atoms with Crippen LogP contribution in [0.4, 0.5) is 0 Å². The summed E-state index contributed by atoms with van der Waals surface area (Å²) in [4.78, 5) is 3.72. The van der Waals surface area contributed by atoms with Crippen LogP contribution in [0.3, 0.4) is 0 Å². The van der Waals surface area contributed by atoms with E-state index in [1.54, 1.807) is 0 Å². The summed E-state index contributed by atoms with van der Waals surface area (Å²) in [5.41, 5.74) is 7.86. The second kappa shape index (κ2) is 6.99. The van der Waals surface area contributed by atoms with Crippen LogP contribution < -0.4 is 0 Å². The first-order valence-corrected chi connectivity index (χ1v) is 9.61. The van der Waals surface area contributed by atoms with Crippen LogP contribution in [0.5, 0.6) is 0 Å². The maximum absolute atomic E-state index is 4.67. The number of aromatic nitrogens is 3. The lowest BCUT2D eigenvalue weighted by atomic mass is 9.93. The van der Waals surface area contributed by atoms with Crippen molar-refractivity contribution in [3.8, 4) is 22.4 Å². The number of nitrogens with zero attached hydrogens (tertiary/aromatic N) is 2. The number of hydrogen-bond acceptors (Lipinski definition) is 2. The Morgan fingerprint density at radius 3 is 1.85 bits per heavy atom. The first kappa shape index (κ1) is 17.5. The molecule has 0 aliphatic rings. The average molecular weight is 355 g/mol. The zero-order valence-electron chi connectivity index (χ0n) is 16.3. The number of fused-ring (bicyclic) bond motifs is 1. The number of aromatic amines is 1. The van der Waals surface area contributed by atoms with Crippen molar-refractivity contribution in [2.24, 2.45) is 0 Å². The normalized spacial score (nSPS) is 11.6. The van der Waals surface area contributed by atoms with E-state index in [0.717, 1.165) is 22.5 Å². The molecule has 3 nitrogen and oxygen atoms in total. The lowest BCUT2D eigenvalue weighted by Gasteiger charge is -2.12. The number of H-pyrrole nitrogens is 1. The van der Waals surface area contributed by atoms with Crippen molar-refractivity contribution in [3.05, 3.63) is 72.1 Å². The molecule has 0 atom stereocenters. The summed E-state index contributed by atoms with van der Waals surface area (Å²) in [6.45, 7) is 8.83. The van der Waals surface area contributed by atoms with Gasteiger partial charge in [-0.3, -0.25) is 0 Å².